The minimum atomic E-state index is 0.433. The average molecular weight is 214 g/mol. The quantitative estimate of drug-likeness (QED) is 0.771. The highest BCUT2D eigenvalue weighted by Crippen LogP contribution is 2.27. The second-order valence-corrected chi connectivity index (χ2v) is 3.32. The maximum atomic E-state index is 8.69. The second-order valence-electron chi connectivity index (χ2n) is 3.32. The van der Waals surface area contributed by atoms with Gasteiger partial charge in [0.1, 0.15) is 0 Å². The van der Waals surface area contributed by atoms with E-state index in [-0.39, 0.29) is 0 Å². The summed E-state index contributed by atoms with van der Waals surface area (Å²) in [5.74, 6) is 1.13. The van der Waals surface area contributed by atoms with Gasteiger partial charge in [-0.15, -0.1) is 0 Å². The molecule has 0 spiro atoms. The van der Waals surface area contributed by atoms with Gasteiger partial charge in [-0.1, -0.05) is 0 Å². The lowest BCUT2D eigenvalue weighted by atomic mass is 10.2. The first-order valence-corrected chi connectivity index (χ1v) is 4.65. The molecule has 1 aromatic carbocycles. The lowest BCUT2D eigenvalue weighted by molar-refractivity contribution is 0.484. The highest BCUT2D eigenvalue weighted by atomic mass is 16.5. The third-order valence-electron chi connectivity index (χ3n) is 2.05. The Morgan fingerprint density at radius 1 is 1.50 bits per heavy atom. The summed E-state index contributed by atoms with van der Waals surface area (Å²) in [5.41, 5.74) is 6.69. The molecule has 80 valence electrons. The first-order chi connectivity index (χ1) is 7.69. The zero-order chi connectivity index (χ0) is 11.5. The third-order valence-corrected chi connectivity index (χ3v) is 2.05. The summed E-state index contributed by atoms with van der Waals surface area (Å²) >= 11 is 0. The Bertz CT molecular complexity index is 553. The van der Waals surface area contributed by atoms with Crippen molar-refractivity contribution in [1.82, 2.24) is 9.78 Å². The Morgan fingerprint density at radius 2 is 2.31 bits per heavy atom. The van der Waals surface area contributed by atoms with Crippen LogP contribution in [-0.2, 0) is 7.05 Å². The van der Waals surface area contributed by atoms with Gasteiger partial charge >= 0.3 is 0 Å². The van der Waals surface area contributed by atoms with Gasteiger partial charge in [-0.3, -0.25) is 4.68 Å². The Labute approximate surface area is 92.7 Å². The van der Waals surface area contributed by atoms with E-state index in [1.807, 2.05) is 6.07 Å². The first-order valence-electron chi connectivity index (χ1n) is 4.65. The summed E-state index contributed by atoms with van der Waals surface area (Å²) in [6.45, 7) is 0. The van der Waals surface area contributed by atoms with Crippen molar-refractivity contribution in [3.05, 3.63) is 36.2 Å². The Kier molecular flexibility index (Phi) is 2.48. The van der Waals surface area contributed by atoms with E-state index in [1.54, 1.807) is 42.3 Å². The minimum Gasteiger partial charge on any atom is -0.452 e. The monoisotopic (exact) mass is 214 g/mol. The molecule has 2 rings (SSSR count). The number of nitrogens with two attached hydrogens (primary N) is 1. The molecule has 0 fully saturated rings. The molecule has 0 aliphatic rings. The number of hydrogen-bond donors (Lipinski definition) is 1. The molecule has 5 heteroatoms. The van der Waals surface area contributed by atoms with Crippen LogP contribution in [0.15, 0.2) is 30.6 Å². The number of nitriles is 1. The summed E-state index contributed by atoms with van der Waals surface area (Å²) in [5, 5.41) is 12.7. The van der Waals surface area contributed by atoms with Crippen LogP contribution in [0.5, 0.6) is 11.5 Å². The molecule has 1 heterocycles. The zero-order valence-corrected chi connectivity index (χ0v) is 8.71. The largest absolute Gasteiger partial charge is 0.452 e. The van der Waals surface area contributed by atoms with Gasteiger partial charge in [0, 0.05) is 7.05 Å². The Hall–Kier alpha value is -2.48. The molecule has 0 aliphatic heterocycles. The van der Waals surface area contributed by atoms with Gasteiger partial charge in [-0.25, -0.2) is 0 Å². The lowest BCUT2D eigenvalue weighted by Crippen LogP contribution is -1.92. The first kappa shape index (κ1) is 10.1. The predicted molar refractivity (Wildman–Crippen MR) is 58.9 cm³/mol. The second kappa shape index (κ2) is 3.95. The van der Waals surface area contributed by atoms with Crippen molar-refractivity contribution in [3.63, 3.8) is 0 Å². The van der Waals surface area contributed by atoms with Crippen molar-refractivity contribution in [2.75, 3.05) is 5.73 Å². The van der Waals surface area contributed by atoms with E-state index in [0.29, 0.717) is 22.7 Å². The highest BCUT2D eigenvalue weighted by Gasteiger charge is 2.04. The van der Waals surface area contributed by atoms with Crippen molar-refractivity contribution < 1.29 is 4.74 Å². The molecule has 0 saturated carbocycles. The van der Waals surface area contributed by atoms with Crippen molar-refractivity contribution >= 4 is 5.69 Å². The number of rotatable bonds is 2. The number of benzene rings is 1. The smallest absolute Gasteiger partial charge is 0.165 e. The third kappa shape index (κ3) is 1.96. The van der Waals surface area contributed by atoms with Crippen LogP contribution in [0.2, 0.25) is 0 Å². The number of ether oxygens (including phenoxy) is 1. The molecule has 0 amide bonds. The molecular weight excluding hydrogens is 204 g/mol. The van der Waals surface area contributed by atoms with E-state index in [0.717, 1.165) is 0 Å². The number of aromatic nitrogens is 2. The van der Waals surface area contributed by atoms with Crippen LogP contribution in [-0.4, -0.2) is 9.78 Å². The van der Waals surface area contributed by atoms with E-state index in [4.69, 9.17) is 15.7 Å². The fraction of sp³-hybridized carbons (Fsp3) is 0.0909. The maximum Gasteiger partial charge on any atom is 0.165 e. The van der Waals surface area contributed by atoms with Gasteiger partial charge in [0.2, 0.25) is 0 Å². The number of hydrogen-bond acceptors (Lipinski definition) is 4. The van der Waals surface area contributed by atoms with Gasteiger partial charge in [0.25, 0.3) is 0 Å². The summed E-state index contributed by atoms with van der Waals surface area (Å²) in [6.07, 6.45) is 3.33. The van der Waals surface area contributed by atoms with E-state index in [1.165, 1.54) is 0 Å². The predicted octanol–water partition coefficient (Wildman–Crippen LogP) is 1.67. The van der Waals surface area contributed by atoms with Crippen LogP contribution < -0.4 is 10.5 Å². The Morgan fingerprint density at radius 3 is 2.88 bits per heavy atom. The average Bonchev–Trinajstić information content (AvgIpc) is 2.67. The van der Waals surface area contributed by atoms with Crippen molar-refractivity contribution in [1.29, 1.82) is 5.26 Å². The molecule has 0 saturated heterocycles. The van der Waals surface area contributed by atoms with Crippen LogP contribution in [0.3, 0.4) is 0 Å². The van der Waals surface area contributed by atoms with Crippen LogP contribution in [0.1, 0.15) is 5.56 Å². The molecule has 2 N–H and O–H groups in total. The van der Waals surface area contributed by atoms with Crippen LogP contribution >= 0.6 is 0 Å². The highest BCUT2D eigenvalue weighted by molar-refractivity contribution is 5.57. The number of anilines is 1. The summed E-state index contributed by atoms with van der Waals surface area (Å²) in [6, 6.07) is 6.91. The van der Waals surface area contributed by atoms with E-state index in [2.05, 4.69) is 5.10 Å². The van der Waals surface area contributed by atoms with E-state index < -0.39 is 0 Å². The van der Waals surface area contributed by atoms with Crippen molar-refractivity contribution in [3.8, 4) is 17.6 Å². The fourth-order valence-electron chi connectivity index (χ4n) is 1.29. The molecule has 2 aromatic rings. The summed E-state index contributed by atoms with van der Waals surface area (Å²) in [4.78, 5) is 0. The topological polar surface area (TPSA) is 76.9 Å². The minimum absolute atomic E-state index is 0.433. The molecule has 0 aliphatic carbocycles. The number of nitrogens with zero attached hydrogens (tertiary/aromatic N) is 3. The SMILES string of the molecule is Cn1cc(Oc2ccc(C#N)cc2N)cn1. The van der Waals surface area contributed by atoms with Crippen LogP contribution in [0.25, 0.3) is 0 Å². The van der Waals surface area contributed by atoms with Crippen LogP contribution in [0.4, 0.5) is 5.69 Å². The molecular formula is C11H10N4O. The normalized spacial score (nSPS) is 9.75. The molecule has 0 radical (unpaired) electrons. The molecule has 5 nitrogen and oxygen atoms in total. The molecule has 0 unspecified atom stereocenters. The number of nitrogen functional groups attached to an aromatic ring is 1. The zero-order valence-electron chi connectivity index (χ0n) is 8.71. The summed E-state index contributed by atoms with van der Waals surface area (Å²) in [7, 11) is 1.80. The van der Waals surface area contributed by atoms with Crippen molar-refractivity contribution in [2.45, 2.75) is 0 Å². The maximum absolute atomic E-state index is 8.69. The van der Waals surface area contributed by atoms with Gasteiger partial charge in [-0.2, -0.15) is 10.4 Å². The standard InChI is InChI=1S/C11H10N4O/c1-15-7-9(6-14-15)16-11-3-2-8(5-12)4-10(11)13/h2-4,6-7H,13H2,1H3. The fourth-order valence-corrected chi connectivity index (χ4v) is 1.29. The Balaban J connectivity index is 2.26. The van der Waals surface area contributed by atoms with Gasteiger partial charge in [0.15, 0.2) is 11.5 Å². The molecule has 0 bridgehead atoms. The van der Waals surface area contributed by atoms with Crippen molar-refractivity contribution in [2.24, 2.45) is 7.05 Å². The molecule has 16 heavy (non-hydrogen) atoms. The molecule has 0 atom stereocenters. The van der Waals surface area contributed by atoms with Gasteiger partial charge in [0.05, 0.1) is 29.7 Å². The van der Waals surface area contributed by atoms with E-state index in [9.17, 15) is 0 Å². The molecule has 1 aromatic heterocycles. The number of aryl methyl sites for hydroxylation is 1. The van der Waals surface area contributed by atoms with Gasteiger partial charge in [-0.05, 0) is 18.2 Å². The van der Waals surface area contributed by atoms with E-state index >= 15 is 0 Å². The van der Waals surface area contributed by atoms with Gasteiger partial charge < -0.3 is 10.5 Å². The lowest BCUT2D eigenvalue weighted by Gasteiger charge is -2.05. The van der Waals surface area contributed by atoms with Crippen LogP contribution in [0, 0.1) is 11.3 Å². The summed E-state index contributed by atoms with van der Waals surface area (Å²) < 4.78 is 7.15.